The molecule has 1 saturated heterocycles. The highest BCUT2D eigenvalue weighted by Crippen LogP contribution is 2.33. The van der Waals surface area contributed by atoms with Gasteiger partial charge in [0.25, 0.3) is 0 Å². The van der Waals surface area contributed by atoms with Gasteiger partial charge in [0, 0.05) is 30.6 Å². The second-order valence-electron chi connectivity index (χ2n) is 5.25. The Kier molecular flexibility index (Phi) is 3.00. The zero-order chi connectivity index (χ0) is 13.5. The zero-order valence-corrected chi connectivity index (χ0v) is 12.2. The lowest BCUT2D eigenvalue weighted by molar-refractivity contribution is 0.643. The maximum absolute atomic E-state index is 4.60. The molecule has 1 aliphatic rings. The Balaban J connectivity index is 2.05. The molecule has 0 saturated carbocycles. The zero-order valence-electron chi connectivity index (χ0n) is 11.4. The van der Waals surface area contributed by atoms with Crippen molar-refractivity contribution in [3.63, 3.8) is 0 Å². The molecule has 0 amide bonds. The number of hydrogen-bond donors (Lipinski definition) is 2. The summed E-state index contributed by atoms with van der Waals surface area (Å²) in [6.45, 7) is 6.52. The van der Waals surface area contributed by atoms with Gasteiger partial charge in [-0.15, -0.1) is 0 Å². The van der Waals surface area contributed by atoms with Crippen LogP contribution in [-0.4, -0.2) is 50.6 Å². The van der Waals surface area contributed by atoms with E-state index in [-0.39, 0.29) is 4.75 Å². The summed E-state index contributed by atoms with van der Waals surface area (Å²) in [6, 6.07) is 0. The molecule has 1 aliphatic heterocycles. The largest absolute Gasteiger partial charge is 0.357 e. The lowest BCUT2D eigenvalue weighted by Gasteiger charge is -2.38. The normalized spacial score (nSPS) is 18.8. The first kappa shape index (κ1) is 12.5. The number of rotatable bonds is 2. The summed E-state index contributed by atoms with van der Waals surface area (Å²) >= 11 is 2.01. The van der Waals surface area contributed by atoms with Gasteiger partial charge in [-0.1, -0.05) is 0 Å². The third kappa shape index (κ3) is 2.34. The van der Waals surface area contributed by atoms with Crippen LogP contribution in [-0.2, 0) is 0 Å². The molecule has 0 bridgehead atoms. The summed E-state index contributed by atoms with van der Waals surface area (Å²) in [4.78, 5) is 18.7. The maximum atomic E-state index is 4.60. The number of nitrogens with zero attached hydrogens (tertiary/aromatic N) is 4. The Hall–Kier alpha value is -1.50. The molecule has 2 aromatic rings. The predicted molar refractivity (Wildman–Crippen MR) is 80.0 cm³/mol. The van der Waals surface area contributed by atoms with Crippen LogP contribution in [0.5, 0.6) is 0 Å². The van der Waals surface area contributed by atoms with Gasteiger partial charge < -0.3 is 15.2 Å². The smallest absolute Gasteiger partial charge is 0.226 e. The summed E-state index contributed by atoms with van der Waals surface area (Å²) in [5.41, 5.74) is 1.63. The highest BCUT2D eigenvalue weighted by atomic mass is 32.2. The van der Waals surface area contributed by atoms with Gasteiger partial charge in [-0.3, -0.25) is 0 Å². The molecule has 0 spiro atoms. The van der Waals surface area contributed by atoms with E-state index in [9.17, 15) is 0 Å². The van der Waals surface area contributed by atoms with Crippen LogP contribution >= 0.6 is 11.8 Å². The number of nitrogens with one attached hydrogen (secondary N) is 2. The van der Waals surface area contributed by atoms with Crippen LogP contribution in [0.4, 0.5) is 11.8 Å². The fraction of sp³-hybridized carbons (Fsp3) is 0.583. The second kappa shape index (κ2) is 4.56. The van der Waals surface area contributed by atoms with E-state index in [1.165, 1.54) is 0 Å². The molecule has 102 valence electrons. The molecule has 3 rings (SSSR count). The van der Waals surface area contributed by atoms with Crippen LogP contribution in [0.2, 0.25) is 0 Å². The first-order chi connectivity index (χ1) is 9.09. The highest BCUT2D eigenvalue weighted by molar-refractivity contribution is 8.00. The first-order valence-corrected chi connectivity index (χ1v) is 7.35. The Morgan fingerprint density at radius 3 is 3.00 bits per heavy atom. The number of aromatic nitrogens is 4. The van der Waals surface area contributed by atoms with E-state index in [4.69, 9.17) is 0 Å². The average Bonchev–Trinajstić information content (AvgIpc) is 2.84. The molecule has 0 unspecified atom stereocenters. The summed E-state index contributed by atoms with van der Waals surface area (Å²) in [7, 11) is 1.83. The average molecular weight is 278 g/mol. The fourth-order valence-corrected chi connectivity index (χ4v) is 3.47. The molecule has 0 aliphatic carbocycles. The summed E-state index contributed by atoms with van der Waals surface area (Å²) < 4.78 is 0.245. The number of anilines is 2. The molecule has 7 heteroatoms. The van der Waals surface area contributed by atoms with E-state index in [2.05, 4.69) is 44.0 Å². The van der Waals surface area contributed by atoms with E-state index in [0.29, 0.717) is 11.6 Å². The van der Waals surface area contributed by atoms with Gasteiger partial charge in [-0.05, 0) is 13.8 Å². The standard InChI is InChI=1S/C12H18N6S/c1-12(2)6-18(4-5-19-12)10-8-9(15-7-14-8)16-11(13-3)17-10/h7H,4-6H2,1-3H3,(H2,13,14,15,16,17). The topological polar surface area (TPSA) is 69.7 Å². The van der Waals surface area contributed by atoms with Gasteiger partial charge >= 0.3 is 0 Å². The minimum atomic E-state index is 0.245. The highest BCUT2D eigenvalue weighted by Gasteiger charge is 2.29. The second-order valence-corrected chi connectivity index (χ2v) is 7.05. The minimum absolute atomic E-state index is 0.245. The van der Waals surface area contributed by atoms with Crippen LogP contribution < -0.4 is 10.2 Å². The lowest BCUT2D eigenvalue weighted by Crippen LogP contribution is -2.43. The SMILES string of the molecule is CNc1nc(N2CCSC(C)(C)C2)c2[nH]cnc2n1. The summed E-state index contributed by atoms with van der Waals surface area (Å²) in [6.07, 6.45) is 1.67. The monoisotopic (exact) mass is 278 g/mol. The summed E-state index contributed by atoms with van der Waals surface area (Å²) in [5, 5.41) is 3.00. The molecule has 0 atom stereocenters. The van der Waals surface area contributed by atoms with Gasteiger partial charge in [-0.2, -0.15) is 21.7 Å². The van der Waals surface area contributed by atoms with Crippen LogP contribution in [0.3, 0.4) is 0 Å². The van der Waals surface area contributed by atoms with Gasteiger partial charge in [0.1, 0.15) is 5.52 Å². The van der Waals surface area contributed by atoms with Gasteiger partial charge in [0.2, 0.25) is 5.95 Å². The van der Waals surface area contributed by atoms with E-state index in [1.54, 1.807) is 6.33 Å². The molecule has 6 nitrogen and oxygen atoms in total. The van der Waals surface area contributed by atoms with Crippen molar-refractivity contribution in [3.8, 4) is 0 Å². The number of H-pyrrole nitrogens is 1. The molecule has 0 radical (unpaired) electrons. The predicted octanol–water partition coefficient (Wildman–Crippen LogP) is 1.73. The molecule has 3 heterocycles. The molecular weight excluding hydrogens is 260 g/mol. The van der Waals surface area contributed by atoms with Crippen LogP contribution in [0.1, 0.15) is 13.8 Å². The maximum Gasteiger partial charge on any atom is 0.226 e. The number of thioether (sulfide) groups is 1. The molecule has 1 fully saturated rings. The van der Waals surface area contributed by atoms with Crippen molar-refractivity contribution in [2.24, 2.45) is 0 Å². The Bertz CT molecular complexity index is 593. The van der Waals surface area contributed by atoms with Gasteiger partial charge in [0.15, 0.2) is 11.5 Å². The quantitative estimate of drug-likeness (QED) is 0.872. The van der Waals surface area contributed by atoms with Gasteiger partial charge in [-0.25, -0.2) is 4.98 Å². The van der Waals surface area contributed by atoms with Crippen molar-refractivity contribution in [1.29, 1.82) is 0 Å². The van der Waals surface area contributed by atoms with Crippen molar-refractivity contribution >= 4 is 34.7 Å². The molecule has 2 N–H and O–H groups in total. The van der Waals surface area contributed by atoms with E-state index >= 15 is 0 Å². The van der Waals surface area contributed by atoms with Gasteiger partial charge in [0.05, 0.1) is 6.33 Å². The number of aromatic amines is 1. The van der Waals surface area contributed by atoms with Crippen molar-refractivity contribution in [3.05, 3.63) is 6.33 Å². The van der Waals surface area contributed by atoms with Crippen LogP contribution in [0.15, 0.2) is 6.33 Å². The van der Waals surface area contributed by atoms with E-state index < -0.39 is 0 Å². The van der Waals surface area contributed by atoms with Crippen molar-refractivity contribution in [2.75, 3.05) is 36.1 Å². The number of fused-ring (bicyclic) bond motifs is 1. The third-order valence-corrected chi connectivity index (χ3v) is 4.51. The number of imidazole rings is 1. The van der Waals surface area contributed by atoms with Crippen LogP contribution in [0, 0.1) is 0 Å². The Morgan fingerprint density at radius 2 is 2.26 bits per heavy atom. The summed E-state index contributed by atoms with van der Waals surface area (Å²) in [5.74, 6) is 2.67. The minimum Gasteiger partial charge on any atom is -0.357 e. The van der Waals surface area contributed by atoms with Crippen molar-refractivity contribution < 1.29 is 0 Å². The fourth-order valence-electron chi connectivity index (χ4n) is 2.36. The number of hydrogen-bond acceptors (Lipinski definition) is 6. The van der Waals surface area contributed by atoms with Crippen molar-refractivity contribution in [2.45, 2.75) is 18.6 Å². The molecule has 0 aromatic carbocycles. The first-order valence-electron chi connectivity index (χ1n) is 6.37. The van der Waals surface area contributed by atoms with Crippen LogP contribution in [0.25, 0.3) is 11.2 Å². The molecular formula is C12H18N6S. The Labute approximate surface area is 116 Å². The lowest BCUT2D eigenvalue weighted by atomic mass is 10.2. The molecule has 19 heavy (non-hydrogen) atoms. The van der Waals surface area contributed by atoms with E-state index in [0.717, 1.165) is 30.2 Å². The Morgan fingerprint density at radius 1 is 1.42 bits per heavy atom. The van der Waals surface area contributed by atoms with Crippen molar-refractivity contribution in [1.82, 2.24) is 19.9 Å². The molecule has 2 aromatic heterocycles. The third-order valence-electron chi connectivity index (χ3n) is 3.22. The van der Waals surface area contributed by atoms with E-state index in [1.807, 2.05) is 18.8 Å².